The number of hydrogen-bond acceptors (Lipinski definition) is 3. The molecule has 1 aliphatic carbocycles. The van der Waals surface area contributed by atoms with Gasteiger partial charge in [0.2, 0.25) is 5.90 Å². The summed E-state index contributed by atoms with van der Waals surface area (Å²) in [4.78, 5) is 5.66. The lowest BCUT2D eigenvalue weighted by Gasteiger charge is -2.07. The summed E-state index contributed by atoms with van der Waals surface area (Å²) >= 11 is 1.49. The van der Waals surface area contributed by atoms with Crippen molar-refractivity contribution in [3.8, 4) is 5.75 Å². The van der Waals surface area contributed by atoms with Crippen LogP contribution < -0.4 is 4.74 Å². The molecule has 2 nitrogen and oxygen atoms in total. The molecule has 0 aromatic heterocycles. The topological polar surface area (TPSA) is 21.6 Å². The lowest BCUT2D eigenvalue weighted by molar-refractivity contribution is 0.556. The smallest absolute Gasteiger partial charge is 0.220 e. The van der Waals surface area contributed by atoms with Crippen molar-refractivity contribution in [2.45, 2.75) is 24.2 Å². The molecular formula is C24H20FNOS. The highest BCUT2D eigenvalue weighted by Crippen LogP contribution is 2.27. The van der Waals surface area contributed by atoms with E-state index >= 15 is 0 Å². The van der Waals surface area contributed by atoms with Crippen LogP contribution in [0.1, 0.15) is 17.5 Å². The van der Waals surface area contributed by atoms with E-state index in [-0.39, 0.29) is 5.82 Å². The number of hydrogen-bond donors (Lipinski definition) is 0. The van der Waals surface area contributed by atoms with Crippen molar-refractivity contribution in [1.29, 1.82) is 0 Å². The van der Waals surface area contributed by atoms with Crippen molar-refractivity contribution in [3.63, 3.8) is 0 Å². The number of benzene rings is 3. The number of fused-ring (bicyclic) bond motifs is 1. The van der Waals surface area contributed by atoms with Crippen molar-refractivity contribution >= 4 is 23.3 Å². The van der Waals surface area contributed by atoms with Crippen molar-refractivity contribution < 1.29 is 9.13 Å². The molecule has 0 N–H and O–H groups in total. The van der Waals surface area contributed by atoms with Gasteiger partial charge in [-0.15, -0.1) is 0 Å². The van der Waals surface area contributed by atoms with Gasteiger partial charge in [-0.2, -0.15) is 0 Å². The van der Waals surface area contributed by atoms with Crippen LogP contribution >= 0.6 is 11.8 Å². The van der Waals surface area contributed by atoms with Gasteiger partial charge in [-0.1, -0.05) is 36.0 Å². The highest BCUT2D eigenvalue weighted by Gasteiger charge is 2.11. The van der Waals surface area contributed by atoms with Gasteiger partial charge in [-0.25, -0.2) is 9.38 Å². The summed E-state index contributed by atoms with van der Waals surface area (Å²) in [5.74, 6) is 1.01. The van der Waals surface area contributed by atoms with E-state index in [2.05, 4.69) is 12.1 Å². The number of nitrogens with zero attached hydrogens (tertiary/aromatic N) is 1. The van der Waals surface area contributed by atoms with Gasteiger partial charge in [0.25, 0.3) is 0 Å². The summed E-state index contributed by atoms with van der Waals surface area (Å²) in [5, 5.41) is 1.91. The molecule has 1 aliphatic rings. The van der Waals surface area contributed by atoms with E-state index < -0.39 is 0 Å². The standard InChI is InChI=1S/C24H20FNOS/c25-20-10-13-23(14-11-20)28-16-15-24(27-22-7-2-1-3-8-22)26-21-12-9-18-5-4-6-19(18)17-21/h1-3,7-17H,4-6H2/b16-15+,26-24?. The van der Waals surface area contributed by atoms with Gasteiger partial charge in [-0.3, -0.25) is 0 Å². The first-order valence-corrected chi connectivity index (χ1v) is 10.2. The molecule has 3 aromatic carbocycles. The molecule has 28 heavy (non-hydrogen) atoms. The van der Waals surface area contributed by atoms with Gasteiger partial charge in [0.15, 0.2) is 0 Å². The number of halogens is 1. The Kier molecular flexibility index (Phi) is 5.88. The molecule has 4 heteroatoms. The lowest BCUT2D eigenvalue weighted by atomic mass is 10.1. The molecule has 0 heterocycles. The number of rotatable bonds is 5. The summed E-state index contributed by atoms with van der Waals surface area (Å²) in [6.45, 7) is 0. The fraction of sp³-hybridized carbons (Fsp3) is 0.125. The zero-order chi connectivity index (χ0) is 19.2. The first-order valence-electron chi connectivity index (χ1n) is 9.28. The summed E-state index contributed by atoms with van der Waals surface area (Å²) in [5.41, 5.74) is 3.69. The maximum absolute atomic E-state index is 13.0. The molecule has 0 saturated carbocycles. The largest absolute Gasteiger partial charge is 0.439 e. The Morgan fingerprint density at radius 1 is 0.929 bits per heavy atom. The van der Waals surface area contributed by atoms with E-state index in [0.29, 0.717) is 5.90 Å². The van der Waals surface area contributed by atoms with Gasteiger partial charge < -0.3 is 4.74 Å². The van der Waals surface area contributed by atoms with Gasteiger partial charge in [0, 0.05) is 11.0 Å². The first kappa shape index (κ1) is 18.5. The Hall–Kier alpha value is -2.85. The second-order valence-corrected chi connectivity index (χ2v) is 7.53. The zero-order valence-electron chi connectivity index (χ0n) is 15.3. The molecule has 3 aromatic rings. The third-order valence-electron chi connectivity index (χ3n) is 4.52. The van der Waals surface area contributed by atoms with Crippen molar-refractivity contribution in [2.24, 2.45) is 4.99 Å². The molecular weight excluding hydrogens is 369 g/mol. The Balaban J connectivity index is 1.56. The molecule has 140 valence electrons. The molecule has 0 bridgehead atoms. The highest BCUT2D eigenvalue weighted by atomic mass is 32.2. The molecule has 4 rings (SSSR count). The normalized spacial score (nSPS) is 13.7. The van der Waals surface area contributed by atoms with Crippen LogP contribution in [-0.4, -0.2) is 5.90 Å². The predicted octanol–water partition coefficient (Wildman–Crippen LogP) is 6.73. The Morgan fingerprint density at radius 3 is 2.54 bits per heavy atom. The van der Waals surface area contributed by atoms with Gasteiger partial charge >= 0.3 is 0 Å². The number of aryl methyl sites for hydroxylation is 2. The SMILES string of the molecule is Fc1ccc(S/C=C/C(=Nc2ccc3c(c2)CCC3)Oc2ccccc2)cc1. The Morgan fingerprint density at radius 2 is 1.71 bits per heavy atom. The Labute approximate surface area is 168 Å². The fourth-order valence-corrected chi connectivity index (χ4v) is 3.78. The van der Waals surface area contributed by atoms with Crippen LogP contribution in [0.5, 0.6) is 5.75 Å². The lowest BCUT2D eigenvalue weighted by Crippen LogP contribution is -2.04. The average Bonchev–Trinajstić information content (AvgIpc) is 3.18. The van der Waals surface area contributed by atoms with Crippen LogP contribution in [0.15, 0.2) is 94.2 Å². The maximum Gasteiger partial charge on any atom is 0.220 e. The average molecular weight is 389 g/mol. The molecule has 0 unspecified atom stereocenters. The van der Waals surface area contributed by atoms with Crippen LogP contribution in [0.4, 0.5) is 10.1 Å². The van der Waals surface area contributed by atoms with E-state index in [1.54, 1.807) is 12.1 Å². The first-order chi connectivity index (χ1) is 13.8. The van der Waals surface area contributed by atoms with Crippen LogP contribution in [0.2, 0.25) is 0 Å². The van der Waals surface area contributed by atoms with Crippen LogP contribution in [0.3, 0.4) is 0 Å². The van der Waals surface area contributed by atoms with Crippen molar-refractivity contribution in [3.05, 3.63) is 101 Å². The van der Waals surface area contributed by atoms with Crippen molar-refractivity contribution in [2.75, 3.05) is 0 Å². The quantitative estimate of drug-likeness (QED) is 0.274. The molecule has 0 aliphatic heterocycles. The van der Waals surface area contributed by atoms with E-state index in [1.165, 1.54) is 41.4 Å². The minimum atomic E-state index is -0.236. The molecule has 0 saturated heterocycles. The molecule has 0 atom stereocenters. The number of para-hydroxylation sites is 1. The minimum Gasteiger partial charge on any atom is -0.439 e. The second kappa shape index (κ2) is 8.89. The van der Waals surface area contributed by atoms with E-state index in [0.717, 1.165) is 29.2 Å². The summed E-state index contributed by atoms with van der Waals surface area (Å²) in [6, 6.07) is 22.4. The van der Waals surface area contributed by atoms with Gasteiger partial charge in [0.1, 0.15) is 11.6 Å². The van der Waals surface area contributed by atoms with Crippen LogP contribution in [-0.2, 0) is 12.8 Å². The van der Waals surface area contributed by atoms with Crippen LogP contribution in [0, 0.1) is 5.82 Å². The number of aliphatic imine (C=N–C) groups is 1. The summed E-state index contributed by atoms with van der Waals surface area (Å²) < 4.78 is 19.0. The predicted molar refractivity (Wildman–Crippen MR) is 114 cm³/mol. The molecule has 0 amide bonds. The maximum atomic E-state index is 13.0. The third kappa shape index (κ3) is 4.90. The van der Waals surface area contributed by atoms with E-state index in [9.17, 15) is 4.39 Å². The highest BCUT2D eigenvalue weighted by molar-refractivity contribution is 8.02. The summed E-state index contributed by atoms with van der Waals surface area (Å²) in [6.07, 6.45) is 5.32. The van der Waals surface area contributed by atoms with E-state index in [4.69, 9.17) is 9.73 Å². The Bertz CT molecular complexity index is 997. The van der Waals surface area contributed by atoms with Gasteiger partial charge in [-0.05, 0) is 84.3 Å². The zero-order valence-corrected chi connectivity index (χ0v) is 16.2. The summed E-state index contributed by atoms with van der Waals surface area (Å²) in [7, 11) is 0. The third-order valence-corrected chi connectivity index (χ3v) is 5.33. The number of ether oxygens (including phenoxy) is 1. The molecule has 0 spiro atoms. The monoisotopic (exact) mass is 389 g/mol. The van der Waals surface area contributed by atoms with E-state index in [1.807, 2.05) is 47.9 Å². The number of thioether (sulfide) groups is 1. The molecule has 0 radical (unpaired) electrons. The second-order valence-electron chi connectivity index (χ2n) is 6.55. The minimum absolute atomic E-state index is 0.236. The van der Waals surface area contributed by atoms with Crippen LogP contribution in [0.25, 0.3) is 0 Å². The molecule has 0 fully saturated rings. The fourth-order valence-electron chi connectivity index (χ4n) is 3.14. The van der Waals surface area contributed by atoms with Gasteiger partial charge in [0.05, 0.1) is 5.69 Å². The van der Waals surface area contributed by atoms with Crippen molar-refractivity contribution in [1.82, 2.24) is 0 Å².